The summed E-state index contributed by atoms with van der Waals surface area (Å²) in [7, 11) is 0. The summed E-state index contributed by atoms with van der Waals surface area (Å²) in [6.45, 7) is 6.47. The van der Waals surface area contributed by atoms with Crippen LogP contribution in [0.5, 0.6) is 0 Å². The molecule has 2 aromatic carbocycles. The summed E-state index contributed by atoms with van der Waals surface area (Å²) in [6.07, 6.45) is 1.52. The number of piperazine rings is 1. The quantitative estimate of drug-likeness (QED) is 0.461. The number of nitrogens with zero attached hydrogens (tertiary/aromatic N) is 3. The van der Waals surface area contributed by atoms with Crippen LogP contribution in [-0.2, 0) is 20.7 Å². The molecule has 7 nitrogen and oxygen atoms in total. The number of halogens is 4. The first-order chi connectivity index (χ1) is 20.0. The van der Waals surface area contributed by atoms with Crippen LogP contribution in [-0.4, -0.2) is 95.7 Å². The Morgan fingerprint density at radius 1 is 1.05 bits per heavy atom. The van der Waals surface area contributed by atoms with Crippen molar-refractivity contribution in [3.63, 3.8) is 0 Å². The van der Waals surface area contributed by atoms with Crippen LogP contribution >= 0.6 is 11.6 Å². The maximum atomic E-state index is 15.1. The average Bonchev–Trinajstić information content (AvgIpc) is 3.41. The highest BCUT2D eigenvalue weighted by Gasteiger charge is 2.45. The molecule has 0 spiro atoms. The van der Waals surface area contributed by atoms with Gasteiger partial charge in [-0.25, -0.2) is 13.2 Å². The zero-order valence-electron chi connectivity index (χ0n) is 23.9. The first-order valence-corrected chi connectivity index (χ1v) is 14.9. The van der Waals surface area contributed by atoms with E-state index in [9.17, 15) is 23.5 Å². The molecule has 3 fully saturated rings. The molecule has 3 saturated heterocycles. The minimum atomic E-state index is -1.14. The summed E-state index contributed by atoms with van der Waals surface area (Å²) in [6, 6.07) is 6.31. The Kier molecular flexibility index (Phi) is 10.8. The summed E-state index contributed by atoms with van der Waals surface area (Å²) >= 11 is 6.02. The third kappa shape index (κ3) is 7.03. The lowest BCUT2D eigenvalue weighted by atomic mass is 9.87. The summed E-state index contributed by atoms with van der Waals surface area (Å²) in [4.78, 5) is 32.1. The van der Waals surface area contributed by atoms with Crippen LogP contribution in [0.15, 0.2) is 30.3 Å². The van der Waals surface area contributed by atoms with E-state index in [0.717, 1.165) is 12.8 Å². The Morgan fingerprint density at radius 2 is 1.77 bits per heavy atom. The van der Waals surface area contributed by atoms with Crippen molar-refractivity contribution >= 4 is 23.5 Å². The number of hydrogen-bond donors (Lipinski definition) is 1. The van der Waals surface area contributed by atoms with Crippen molar-refractivity contribution in [3.05, 3.63) is 69.5 Å². The second-order valence-corrected chi connectivity index (χ2v) is 12.2. The van der Waals surface area contributed by atoms with Crippen LogP contribution in [0.3, 0.4) is 0 Å². The minimum absolute atomic E-state index is 0. The average molecular weight is 624 g/mol. The standard InChI is InChI=1S/C31H37ClF3N3O4.CH4/c1-18-3-4-20(29(35)28(18)34)13-27(31(40)41)36-9-10-38(19(2)15-36)30(39)25-17-37(22-7-11-42-12-8-22)16-24(25)23-6-5-21(32)14-26(23)33;/h3-6,14,19,22,24-25,27H,7-13,15-17H2,1-2H3,(H,40,41);1H4/t19-,24-,25+,27-;/m0./s1. The second kappa shape index (κ2) is 14.0. The van der Waals surface area contributed by atoms with Crippen molar-refractivity contribution in [1.82, 2.24) is 14.7 Å². The van der Waals surface area contributed by atoms with Gasteiger partial charge in [0.15, 0.2) is 11.6 Å². The van der Waals surface area contributed by atoms with Gasteiger partial charge in [0.05, 0.1) is 5.92 Å². The van der Waals surface area contributed by atoms with Crippen LogP contribution in [0.2, 0.25) is 5.02 Å². The largest absolute Gasteiger partial charge is 0.480 e. The Hall–Kier alpha value is -2.66. The Labute approximate surface area is 256 Å². The molecule has 0 aliphatic carbocycles. The number of rotatable bonds is 7. The van der Waals surface area contributed by atoms with E-state index in [4.69, 9.17) is 16.3 Å². The highest BCUT2D eigenvalue weighted by atomic mass is 35.5. The molecule has 43 heavy (non-hydrogen) atoms. The van der Waals surface area contributed by atoms with Gasteiger partial charge in [-0.05, 0) is 55.5 Å². The minimum Gasteiger partial charge on any atom is -0.480 e. The number of aryl methyl sites for hydroxylation is 1. The number of benzene rings is 2. The summed E-state index contributed by atoms with van der Waals surface area (Å²) in [5, 5.41) is 10.3. The predicted molar refractivity (Wildman–Crippen MR) is 159 cm³/mol. The van der Waals surface area contributed by atoms with Crippen molar-refractivity contribution < 1.29 is 32.6 Å². The van der Waals surface area contributed by atoms with Gasteiger partial charge >= 0.3 is 5.97 Å². The molecule has 2 aromatic rings. The molecule has 0 aromatic heterocycles. The fourth-order valence-electron chi connectivity index (χ4n) is 6.78. The molecule has 0 unspecified atom stereocenters. The van der Waals surface area contributed by atoms with Gasteiger partial charge in [-0.15, -0.1) is 0 Å². The van der Waals surface area contributed by atoms with Crippen LogP contribution in [0.25, 0.3) is 0 Å². The van der Waals surface area contributed by atoms with Gasteiger partial charge in [0, 0.05) is 75.4 Å². The van der Waals surface area contributed by atoms with E-state index in [1.165, 1.54) is 25.1 Å². The second-order valence-electron chi connectivity index (χ2n) is 11.8. The number of carboxylic acid groups (broad SMARTS) is 1. The number of hydrogen-bond acceptors (Lipinski definition) is 5. The third-order valence-corrected chi connectivity index (χ3v) is 9.41. The highest BCUT2D eigenvalue weighted by molar-refractivity contribution is 6.30. The van der Waals surface area contributed by atoms with Crippen LogP contribution in [0.1, 0.15) is 49.8 Å². The lowest BCUT2D eigenvalue weighted by Gasteiger charge is -2.43. The lowest BCUT2D eigenvalue weighted by molar-refractivity contribution is -0.147. The highest BCUT2D eigenvalue weighted by Crippen LogP contribution is 2.39. The van der Waals surface area contributed by atoms with Gasteiger partial charge in [-0.2, -0.15) is 0 Å². The van der Waals surface area contributed by atoms with Gasteiger partial charge in [0.1, 0.15) is 11.9 Å². The SMILES string of the molecule is C.Cc1ccc(C[C@@H](C(=O)O)N2CCN(C(=O)[C@@H]3CN(C4CCOCC4)C[C@H]3c3ccc(Cl)cc3F)[C@@H](C)C2)c(F)c1F. The third-order valence-electron chi connectivity index (χ3n) is 9.17. The molecule has 5 rings (SSSR count). The molecule has 236 valence electrons. The monoisotopic (exact) mass is 623 g/mol. The van der Waals surface area contributed by atoms with Crippen molar-refractivity contribution in [3.8, 4) is 0 Å². The molecule has 1 N–H and O–H groups in total. The molecule has 3 aliphatic rings. The van der Waals surface area contributed by atoms with E-state index in [-0.39, 0.29) is 68.5 Å². The number of carboxylic acids is 1. The molecule has 3 heterocycles. The topological polar surface area (TPSA) is 73.3 Å². The molecule has 11 heteroatoms. The maximum absolute atomic E-state index is 15.1. The Bertz CT molecular complexity index is 1330. The number of carbonyl (C=O) groups is 2. The molecular weight excluding hydrogens is 583 g/mol. The molecule has 0 radical (unpaired) electrons. The fourth-order valence-corrected chi connectivity index (χ4v) is 6.94. The van der Waals surface area contributed by atoms with E-state index >= 15 is 4.39 Å². The molecule has 0 saturated carbocycles. The molecule has 0 bridgehead atoms. The lowest BCUT2D eigenvalue weighted by Crippen LogP contribution is -2.59. The molecular formula is C32H41ClF3N3O4. The van der Waals surface area contributed by atoms with E-state index in [0.29, 0.717) is 36.9 Å². The van der Waals surface area contributed by atoms with Crippen LogP contribution in [0, 0.1) is 30.3 Å². The first-order valence-electron chi connectivity index (χ1n) is 14.5. The van der Waals surface area contributed by atoms with Crippen molar-refractivity contribution in [2.24, 2.45) is 5.92 Å². The normalized spacial score (nSPS) is 24.5. The molecule has 1 amide bonds. The van der Waals surface area contributed by atoms with E-state index in [1.54, 1.807) is 21.9 Å². The molecule has 4 atom stereocenters. The Balaban J connectivity index is 0.00000423. The number of ether oxygens (including phenoxy) is 1. The van der Waals surface area contributed by atoms with E-state index < -0.39 is 35.4 Å². The summed E-state index contributed by atoms with van der Waals surface area (Å²) in [5.41, 5.74) is 0.628. The van der Waals surface area contributed by atoms with Gasteiger partial charge in [0.2, 0.25) is 5.91 Å². The van der Waals surface area contributed by atoms with Gasteiger partial charge in [-0.1, -0.05) is 37.2 Å². The fraction of sp³-hybridized carbons (Fsp3) is 0.562. The number of likely N-dealkylation sites (tertiary alicyclic amines) is 1. The Morgan fingerprint density at radius 3 is 2.42 bits per heavy atom. The first kappa shape index (κ1) is 33.2. The van der Waals surface area contributed by atoms with E-state index in [1.807, 2.05) is 6.92 Å². The zero-order chi connectivity index (χ0) is 30.1. The number of amides is 1. The van der Waals surface area contributed by atoms with Crippen molar-refractivity contribution in [2.45, 2.75) is 64.6 Å². The zero-order valence-corrected chi connectivity index (χ0v) is 24.6. The van der Waals surface area contributed by atoms with Crippen LogP contribution < -0.4 is 0 Å². The molecule has 3 aliphatic heterocycles. The van der Waals surface area contributed by atoms with Gasteiger partial charge in [0.25, 0.3) is 0 Å². The number of carbonyl (C=O) groups excluding carboxylic acids is 1. The summed E-state index contributed by atoms with van der Waals surface area (Å²) in [5.74, 6) is -4.48. The predicted octanol–water partition coefficient (Wildman–Crippen LogP) is 5.12. The van der Waals surface area contributed by atoms with Crippen molar-refractivity contribution in [1.29, 1.82) is 0 Å². The van der Waals surface area contributed by atoms with Gasteiger partial charge in [-0.3, -0.25) is 19.4 Å². The summed E-state index contributed by atoms with van der Waals surface area (Å²) < 4.78 is 49.4. The van der Waals surface area contributed by atoms with Crippen molar-refractivity contribution in [2.75, 3.05) is 45.9 Å². The van der Waals surface area contributed by atoms with E-state index in [2.05, 4.69) is 4.90 Å². The number of aliphatic carboxylic acids is 1. The van der Waals surface area contributed by atoms with Gasteiger partial charge < -0.3 is 14.7 Å². The maximum Gasteiger partial charge on any atom is 0.321 e. The smallest absolute Gasteiger partial charge is 0.321 e. The van der Waals surface area contributed by atoms with Crippen LogP contribution in [0.4, 0.5) is 13.2 Å².